The summed E-state index contributed by atoms with van der Waals surface area (Å²) in [5, 5.41) is 28.7. The third-order valence-electron chi connectivity index (χ3n) is 5.46. The van der Waals surface area contributed by atoms with E-state index in [0.29, 0.717) is 28.1 Å². The Kier molecular flexibility index (Phi) is 4.09. The maximum atomic E-state index is 13.9. The van der Waals surface area contributed by atoms with E-state index < -0.39 is 5.82 Å². The van der Waals surface area contributed by atoms with Crippen LogP contribution in [0.1, 0.15) is 0 Å². The number of aromatic hydroxyl groups is 2. The molecule has 0 aliphatic rings. The number of H-pyrrole nitrogens is 2. The van der Waals surface area contributed by atoms with Gasteiger partial charge in [-0.2, -0.15) is 5.10 Å². The van der Waals surface area contributed by atoms with E-state index in [9.17, 15) is 14.6 Å². The minimum atomic E-state index is -0.530. The molecule has 33 heavy (non-hydrogen) atoms. The molecule has 0 unspecified atom stereocenters. The van der Waals surface area contributed by atoms with Crippen molar-refractivity contribution in [3.63, 3.8) is 0 Å². The van der Waals surface area contributed by atoms with Gasteiger partial charge in [0, 0.05) is 40.4 Å². The molecule has 6 rings (SSSR count). The Morgan fingerprint density at radius 1 is 0.727 bits per heavy atom. The van der Waals surface area contributed by atoms with Crippen LogP contribution in [-0.2, 0) is 0 Å². The van der Waals surface area contributed by atoms with Gasteiger partial charge in [-0.15, -0.1) is 0 Å². The summed E-state index contributed by atoms with van der Waals surface area (Å²) in [5.74, 6) is -0.629. The Hall–Kier alpha value is -4.79. The number of phenols is 1. The van der Waals surface area contributed by atoms with E-state index in [1.165, 1.54) is 18.3 Å². The smallest absolute Gasteiger partial charge is 0.134 e. The third kappa shape index (κ3) is 3.23. The van der Waals surface area contributed by atoms with Crippen molar-refractivity contribution >= 4 is 21.8 Å². The summed E-state index contributed by atoms with van der Waals surface area (Å²) in [4.78, 5) is 16.0. The number of nitrogens with zero attached hydrogens (tertiary/aromatic N) is 4. The Balaban J connectivity index is 1.51. The van der Waals surface area contributed by atoms with E-state index in [1.807, 2.05) is 12.1 Å². The van der Waals surface area contributed by atoms with E-state index in [1.54, 1.807) is 30.9 Å². The van der Waals surface area contributed by atoms with Crippen LogP contribution in [0.4, 0.5) is 4.39 Å². The topological polar surface area (TPSA) is 124 Å². The Bertz CT molecular complexity index is 1650. The molecule has 5 heterocycles. The molecule has 1 aromatic carbocycles. The van der Waals surface area contributed by atoms with Gasteiger partial charge in [0.1, 0.15) is 23.0 Å². The SMILES string of the molecule is Oc1cncc(-c2cc3c(-c4cc5c(-c6cc(O)cc(F)c6)cncc5[nH]4)n[nH]c3cn2)c1. The van der Waals surface area contributed by atoms with Crippen LogP contribution >= 0.6 is 0 Å². The minimum absolute atomic E-state index is 0.0563. The van der Waals surface area contributed by atoms with Gasteiger partial charge in [0.25, 0.3) is 0 Å². The van der Waals surface area contributed by atoms with Crippen LogP contribution in [0, 0.1) is 5.82 Å². The molecular weight excluding hydrogens is 423 g/mol. The Morgan fingerprint density at radius 2 is 1.58 bits per heavy atom. The monoisotopic (exact) mass is 438 g/mol. The number of aromatic amines is 2. The lowest BCUT2D eigenvalue weighted by molar-refractivity contribution is 0.469. The molecule has 5 aromatic heterocycles. The number of hydrogen-bond donors (Lipinski definition) is 4. The lowest BCUT2D eigenvalue weighted by Crippen LogP contribution is -1.85. The van der Waals surface area contributed by atoms with Crippen LogP contribution in [-0.4, -0.2) is 40.3 Å². The predicted octanol–water partition coefficient (Wildman–Crippen LogP) is 4.78. The summed E-state index contributed by atoms with van der Waals surface area (Å²) in [6, 6.07) is 9.30. The molecule has 8 nitrogen and oxygen atoms in total. The van der Waals surface area contributed by atoms with Crippen molar-refractivity contribution in [1.82, 2.24) is 30.1 Å². The number of phenolic OH excluding ortho intramolecular Hbond substituents is 1. The van der Waals surface area contributed by atoms with Crippen molar-refractivity contribution < 1.29 is 14.6 Å². The zero-order chi connectivity index (χ0) is 22.5. The zero-order valence-corrected chi connectivity index (χ0v) is 16.9. The van der Waals surface area contributed by atoms with Crippen molar-refractivity contribution in [2.24, 2.45) is 0 Å². The highest BCUT2D eigenvalue weighted by molar-refractivity contribution is 6.01. The summed E-state index contributed by atoms with van der Waals surface area (Å²) >= 11 is 0. The fraction of sp³-hybridized carbons (Fsp3) is 0. The molecule has 0 spiro atoms. The normalized spacial score (nSPS) is 11.4. The number of nitrogens with one attached hydrogen (secondary N) is 2. The lowest BCUT2D eigenvalue weighted by atomic mass is 10.0. The number of aromatic nitrogens is 6. The van der Waals surface area contributed by atoms with Crippen LogP contribution in [0.3, 0.4) is 0 Å². The van der Waals surface area contributed by atoms with Crippen LogP contribution < -0.4 is 0 Å². The van der Waals surface area contributed by atoms with E-state index in [4.69, 9.17) is 0 Å². The van der Waals surface area contributed by atoms with Crippen molar-refractivity contribution in [3.8, 4) is 45.3 Å². The van der Waals surface area contributed by atoms with Gasteiger partial charge in [0.15, 0.2) is 0 Å². The second kappa shape index (κ2) is 7.13. The summed E-state index contributed by atoms with van der Waals surface area (Å²) < 4.78 is 13.9. The largest absolute Gasteiger partial charge is 0.508 e. The van der Waals surface area contributed by atoms with Gasteiger partial charge in [0.2, 0.25) is 0 Å². The van der Waals surface area contributed by atoms with Gasteiger partial charge in [-0.3, -0.25) is 20.1 Å². The van der Waals surface area contributed by atoms with Gasteiger partial charge in [-0.05, 0) is 35.9 Å². The van der Waals surface area contributed by atoms with Crippen molar-refractivity contribution in [1.29, 1.82) is 0 Å². The molecule has 6 aromatic rings. The van der Waals surface area contributed by atoms with Crippen LogP contribution in [0.25, 0.3) is 55.6 Å². The number of fused-ring (bicyclic) bond motifs is 2. The molecule has 0 aliphatic heterocycles. The molecule has 4 N–H and O–H groups in total. The average Bonchev–Trinajstić information content (AvgIpc) is 3.41. The predicted molar refractivity (Wildman–Crippen MR) is 121 cm³/mol. The first-order valence-corrected chi connectivity index (χ1v) is 10.0. The van der Waals surface area contributed by atoms with E-state index in [2.05, 4.69) is 30.1 Å². The first-order chi connectivity index (χ1) is 16.0. The number of benzene rings is 1. The molecule has 0 atom stereocenters. The van der Waals surface area contributed by atoms with Gasteiger partial charge in [-0.25, -0.2) is 4.39 Å². The van der Waals surface area contributed by atoms with Gasteiger partial charge >= 0.3 is 0 Å². The second-order valence-corrected chi connectivity index (χ2v) is 7.65. The standard InChI is InChI=1S/C24H15FN6O2/c25-14-1-12(2-15(32)4-14)19-9-27-10-22-17(19)5-21(29-22)24-18-6-20(28-11-23(18)30-31-24)13-3-16(33)8-26-7-13/h1-11,29,32-33H,(H,30,31). The van der Waals surface area contributed by atoms with Gasteiger partial charge in [0.05, 0.1) is 41.0 Å². The number of rotatable bonds is 3. The average molecular weight is 438 g/mol. The second-order valence-electron chi connectivity index (χ2n) is 7.65. The molecule has 0 saturated heterocycles. The Labute approximate surface area is 185 Å². The summed E-state index contributed by atoms with van der Waals surface area (Å²) in [7, 11) is 0. The Morgan fingerprint density at radius 3 is 2.42 bits per heavy atom. The molecule has 0 saturated carbocycles. The molecule has 0 aliphatic carbocycles. The van der Waals surface area contributed by atoms with Crippen molar-refractivity contribution in [2.75, 3.05) is 0 Å². The highest BCUT2D eigenvalue weighted by atomic mass is 19.1. The van der Waals surface area contributed by atoms with Gasteiger partial charge in [-0.1, -0.05) is 0 Å². The molecule has 0 radical (unpaired) electrons. The molecule has 0 fully saturated rings. The maximum Gasteiger partial charge on any atom is 0.134 e. The van der Waals surface area contributed by atoms with Crippen molar-refractivity contribution in [3.05, 3.63) is 73.2 Å². The lowest BCUT2D eigenvalue weighted by Gasteiger charge is -2.04. The molecule has 0 bridgehead atoms. The molecule has 0 amide bonds. The van der Waals surface area contributed by atoms with Crippen LogP contribution in [0.5, 0.6) is 11.5 Å². The van der Waals surface area contributed by atoms with Crippen LogP contribution in [0.15, 0.2) is 67.4 Å². The van der Waals surface area contributed by atoms with E-state index in [0.717, 1.165) is 33.6 Å². The van der Waals surface area contributed by atoms with Crippen molar-refractivity contribution in [2.45, 2.75) is 0 Å². The first kappa shape index (κ1) is 18.9. The minimum Gasteiger partial charge on any atom is -0.508 e. The quantitative estimate of drug-likeness (QED) is 0.315. The van der Waals surface area contributed by atoms with E-state index >= 15 is 0 Å². The molecular formula is C24H15FN6O2. The van der Waals surface area contributed by atoms with Gasteiger partial charge < -0.3 is 15.2 Å². The fourth-order valence-corrected chi connectivity index (χ4v) is 3.99. The molecule has 9 heteroatoms. The first-order valence-electron chi connectivity index (χ1n) is 10.0. The molecule has 160 valence electrons. The summed E-state index contributed by atoms with van der Waals surface area (Å²) in [6.45, 7) is 0. The number of hydrogen-bond acceptors (Lipinski definition) is 6. The summed E-state index contributed by atoms with van der Waals surface area (Å²) in [5.41, 5.74) is 5.41. The fourth-order valence-electron chi connectivity index (χ4n) is 3.99. The highest BCUT2D eigenvalue weighted by Crippen LogP contribution is 2.35. The zero-order valence-electron chi connectivity index (χ0n) is 16.9. The summed E-state index contributed by atoms with van der Waals surface area (Å²) in [6.07, 6.45) is 7.98. The third-order valence-corrected chi connectivity index (χ3v) is 5.46. The number of halogens is 1. The van der Waals surface area contributed by atoms with E-state index in [-0.39, 0.29) is 11.5 Å². The van der Waals surface area contributed by atoms with Crippen LogP contribution in [0.2, 0.25) is 0 Å². The maximum absolute atomic E-state index is 13.9. The highest BCUT2D eigenvalue weighted by Gasteiger charge is 2.16. The number of pyridine rings is 3.